The topological polar surface area (TPSA) is 84.9 Å². The van der Waals surface area contributed by atoms with Crippen LogP contribution >= 0.6 is 0 Å². The molecule has 0 atom stereocenters. The summed E-state index contributed by atoms with van der Waals surface area (Å²) in [5.41, 5.74) is 2.91. The average molecular weight is 495 g/mol. The van der Waals surface area contributed by atoms with Gasteiger partial charge in [0.05, 0.1) is 24.7 Å². The Morgan fingerprint density at radius 3 is 2.31 bits per heavy atom. The second kappa shape index (κ2) is 12.0. The number of nitrogens with one attached hydrogen (secondary N) is 1. The van der Waals surface area contributed by atoms with Crippen LogP contribution < -0.4 is 10.1 Å². The van der Waals surface area contributed by atoms with Crippen LogP contribution in [-0.2, 0) is 27.6 Å². The molecule has 184 valence electrons. The Bertz CT molecular complexity index is 1210. The number of sulfonamides is 1. The molecule has 35 heavy (non-hydrogen) atoms. The highest BCUT2D eigenvalue weighted by Gasteiger charge is 2.26. The Morgan fingerprint density at radius 2 is 1.57 bits per heavy atom. The maximum atomic E-state index is 12.7. The standard InChI is InChI=1S/C27H30N2O5S/c30-27(26-9-5-4-8-23(26)11-10-22-6-2-1-3-7-22)28-16-19-34-24-12-14-25(15-13-24)35(31,32)29-17-20-33-21-18-29/h1-9,12-15H,10-11,16-21H2,(H,28,30). The molecule has 0 unspecified atom stereocenters. The number of morpholine rings is 1. The van der Waals surface area contributed by atoms with E-state index < -0.39 is 10.0 Å². The molecule has 7 nitrogen and oxygen atoms in total. The lowest BCUT2D eigenvalue weighted by Gasteiger charge is -2.26. The second-order valence-electron chi connectivity index (χ2n) is 8.23. The summed E-state index contributed by atoms with van der Waals surface area (Å²) in [6, 6.07) is 24.2. The van der Waals surface area contributed by atoms with Gasteiger partial charge >= 0.3 is 0 Å². The summed E-state index contributed by atoms with van der Waals surface area (Å²) in [6.07, 6.45) is 1.65. The van der Waals surface area contributed by atoms with E-state index in [1.54, 1.807) is 24.3 Å². The van der Waals surface area contributed by atoms with Crippen molar-refractivity contribution in [1.29, 1.82) is 0 Å². The van der Waals surface area contributed by atoms with Crippen molar-refractivity contribution in [3.63, 3.8) is 0 Å². The third-order valence-electron chi connectivity index (χ3n) is 5.88. The van der Waals surface area contributed by atoms with E-state index in [-0.39, 0.29) is 17.4 Å². The molecule has 0 aromatic heterocycles. The number of aryl methyl sites for hydroxylation is 2. The molecule has 3 aromatic rings. The van der Waals surface area contributed by atoms with E-state index in [1.165, 1.54) is 9.87 Å². The van der Waals surface area contributed by atoms with Crippen LogP contribution in [-0.4, -0.2) is 58.1 Å². The van der Waals surface area contributed by atoms with Gasteiger partial charge < -0.3 is 14.8 Å². The van der Waals surface area contributed by atoms with Gasteiger partial charge in [-0.05, 0) is 54.3 Å². The van der Waals surface area contributed by atoms with Crippen LogP contribution in [0.25, 0.3) is 0 Å². The molecular weight excluding hydrogens is 464 g/mol. The van der Waals surface area contributed by atoms with Gasteiger partial charge in [0.25, 0.3) is 5.91 Å². The van der Waals surface area contributed by atoms with Crippen molar-refractivity contribution in [3.05, 3.63) is 95.6 Å². The molecule has 0 bridgehead atoms. The Balaban J connectivity index is 1.26. The van der Waals surface area contributed by atoms with Gasteiger partial charge in [-0.3, -0.25) is 4.79 Å². The molecule has 0 spiro atoms. The monoisotopic (exact) mass is 494 g/mol. The van der Waals surface area contributed by atoms with Crippen LogP contribution in [0.3, 0.4) is 0 Å². The lowest BCUT2D eigenvalue weighted by Crippen LogP contribution is -2.40. The van der Waals surface area contributed by atoms with Gasteiger partial charge in [0, 0.05) is 18.7 Å². The third kappa shape index (κ3) is 6.69. The number of ether oxygens (including phenoxy) is 2. The molecule has 1 aliphatic heterocycles. The molecule has 3 aromatic carbocycles. The smallest absolute Gasteiger partial charge is 0.251 e. The summed E-state index contributed by atoms with van der Waals surface area (Å²) in [5, 5.41) is 2.91. The number of amides is 1. The van der Waals surface area contributed by atoms with Gasteiger partial charge in [-0.25, -0.2) is 8.42 Å². The Hall–Kier alpha value is -3.20. The van der Waals surface area contributed by atoms with Crippen molar-refractivity contribution in [2.75, 3.05) is 39.5 Å². The van der Waals surface area contributed by atoms with Crippen molar-refractivity contribution in [1.82, 2.24) is 9.62 Å². The number of hydrogen-bond acceptors (Lipinski definition) is 5. The van der Waals surface area contributed by atoms with Gasteiger partial charge in [0.15, 0.2) is 0 Å². The summed E-state index contributed by atoms with van der Waals surface area (Å²) in [4.78, 5) is 13.0. The first-order valence-corrected chi connectivity index (χ1v) is 13.2. The Morgan fingerprint density at radius 1 is 0.886 bits per heavy atom. The molecule has 1 saturated heterocycles. The van der Waals surface area contributed by atoms with E-state index in [0.717, 1.165) is 18.4 Å². The van der Waals surface area contributed by atoms with Crippen LogP contribution in [0.4, 0.5) is 0 Å². The maximum Gasteiger partial charge on any atom is 0.251 e. The second-order valence-corrected chi connectivity index (χ2v) is 10.2. The predicted molar refractivity (Wildman–Crippen MR) is 134 cm³/mol. The van der Waals surface area contributed by atoms with Crippen molar-refractivity contribution in [2.45, 2.75) is 17.7 Å². The van der Waals surface area contributed by atoms with Crippen molar-refractivity contribution >= 4 is 15.9 Å². The van der Waals surface area contributed by atoms with Crippen LogP contribution in [0.2, 0.25) is 0 Å². The number of rotatable bonds is 10. The zero-order valence-corrected chi connectivity index (χ0v) is 20.4. The highest BCUT2D eigenvalue weighted by atomic mass is 32.2. The normalized spacial score (nSPS) is 14.4. The summed E-state index contributed by atoms with van der Waals surface area (Å²) < 4.78 is 37.8. The minimum Gasteiger partial charge on any atom is -0.492 e. The highest BCUT2D eigenvalue weighted by Crippen LogP contribution is 2.20. The third-order valence-corrected chi connectivity index (χ3v) is 7.79. The summed E-state index contributed by atoms with van der Waals surface area (Å²) in [5.74, 6) is 0.410. The number of hydrogen-bond donors (Lipinski definition) is 1. The van der Waals surface area contributed by atoms with E-state index in [4.69, 9.17) is 9.47 Å². The molecule has 0 saturated carbocycles. The largest absolute Gasteiger partial charge is 0.492 e. The molecule has 1 amide bonds. The van der Waals surface area contributed by atoms with Crippen molar-refractivity contribution in [2.24, 2.45) is 0 Å². The molecule has 1 N–H and O–H groups in total. The SMILES string of the molecule is O=C(NCCOc1ccc(S(=O)(=O)N2CCOCC2)cc1)c1ccccc1CCc1ccccc1. The lowest BCUT2D eigenvalue weighted by atomic mass is 9.99. The number of nitrogens with zero attached hydrogens (tertiary/aromatic N) is 1. The van der Waals surface area contributed by atoms with E-state index in [9.17, 15) is 13.2 Å². The summed E-state index contributed by atoms with van der Waals surface area (Å²) >= 11 is 0. The first-order chi connectivity index (χ1) is 17.0. The molecule has 1 aliphatic rings. The molecule has 8 heteroatoms. The number of carbonyl (C=O) groups is 1. The fraction of sp³-hybridized carbons (Fsp3) is 0.296. The van der Waals surface area contributed by atoms with Gasteiger partial charge in [-0.15, -0.1) is 0 Å². The van der Waals surface area contributed by atoms with Gasteiger partial charge in [-0.2, -0.15) is 4.31 Å². The molecule has 0 radical (unpaired) electrons. The van der Waals surface area contributed by atoms with Gasteiger partial charge in [0.2, 0.25) is 10.0 Å². The quantitative estimate of drug-likeness (QED) is 0.437. The predicted octanol–water partition coefficient (Wildman–Crippen LogP) is 3.30. The first kappa shape index (κ1) is 24.9. The molecular formula is C27H30N2O5S. The molecule has 0 aliphatic carbocycles. The van der Waals surface area contributed by atoms with E-state index in [2.05, 4.69) is 17.4 Å². The van der Waals surface area contributed by atoms with Crippen LogP contribution in [0.5, 0.6) is 5.75 Å². The molecule has 4 rings (SSSR count). The van der Waals surface area contributed by atoms with Crippen LogP contribution in [0.1, 0.15) is 21.5 Å². The van der Waals surface area contributed by atoms with Gasteiger partial charge in [-0.1, -0.05) is 48.5 Å². The summed E-state index contributed by atoms with van der Waals surface area (Å²) in [6.45, 7) is 2.13. The Kier molecular flexibility index (Phi) is 8.52. The van der Waals surface area contributed by atoms with E-state index in [0.29, 0.717) is 44.2 Å². The summed E-state index contributed by atoms with van der Waals surface area (Å²) in [7, 11) is -3.53. The molecule has 1 heterocycles. The lowest BCUT2D eigenvalue weighted by molar-refractivity contribution is 0.0730. The average Bonchev–Trinajstić information content (AvgIpc) is 2.91. The van der Waals surface area contributed by atoms with Crippen molar-refractivity contribution < 1.29 is 22.7 Å². The number of carbonyl (C=O) groups excluding carboxylic acids is 1. The minimum atomic E-state index is -3.53. The van der Waals surface area contributed by atoms with E-state index >= 15 is 0 Å². The fourth-order valence-electron chi connectivity index (χ4n) is 3.96. The van der Waals surface area contributed by atoms with Gasteiger partial charge in [0.1, 0.15) is 12.4 Å². The zero-order chi connectivity index (χ0) is 24.5. The highest BCUT2D eigenvalue weighted by molar-refractivity contribution is 7.89. The fourth-order valence-corrected chi connectivity index (χ4v) is 5.36. The maximum absolute atomic E-state index is 12.7. The number of benzene rings is 3. The van der Waals surface area contributed by atoms with Crippen LogP contribution in [0, 0.1) is 0 Å². The Labute approximate surface area is 206 Å². The van der Waals surface area contributed by atoms with Crippen LogP contribution in [0.15, 0.2) is 83.8 Å². The zero-order valence-electron chi connectivity index (χ0n) is 19.6. The first-order valence-electron chi connectivity index (χ1n) is 11.7. The molecule has 1 fully saturated rings. The van der Waals surface area contributed by atoms with E-state index in [1.807, 2.05) is 42.5 Å². The van der Waals surface area contributed by atoms with Crippen molar-refractivity contribution in [3.8, 4) is 5.75 Å². The minimum absolute atomic E-state index is 0.135.